The van der Waals surface area contributed by atoms with Crippen molar-refractivity contribution in [3.05, 3.63) is 64.2 Å². The zero-order valence-corrected chi connectivity index (χ0v) is 14.1. The molecule has 2 aromatic carbocycles. The SMILES string of the molecule is Cc1ccc(CNC(=O)[C@@H](C)OC(=O)c2ccc(Cl)cc2O)cc1. The summed E-state index contributed by atoms with van der Waals surface area (Å²) >= 11 is 5.71. The predicted molar refractivity (Wildman–Crippen MR) is 91.0 cm³/mol. The molecule has 0 saturated heterocycles. The fraction of sp³-hybridized carbons (Fsp3) is 0.222. The Balaban J connectivity index is 1.90. The Bertz CT molecular complexity index is 743. The first-order chi connectivity index (χ1) is 11.4. The lowest BCUT2D eigenvalue weighted by atomic mass is 10.1. The minimum absolute atomic E-state index is 0.0439. The fourth-order valence-corrected chi connectivity index (χ4v) is 2.16. The highest BCUT2D eigenvalue weighted by molar-refractivity contribution is 6.30. The van der Waals surface area contributed by atoms with E-state index in [0.717, 1.165) is 11.1 Å². The number of hydrogen-bond donors (Lipinski definition) is 2. The normalized spacial score (nSPS) is 11.6. The predicted octanol–water partition coefficient (Wildman–Crippen LogP) is 3.22. The van der Waals surface area contributed by atoms with E-state index < -0.39 is 18.0 Å². The number of amides is 1. The number of aromatic hydroxyl groups is 1. The van der Waals surface area contributed by atoms with Gasteiger partial charge in [-0.1, -0.05) is 41.4 Å². The maximum absolute atomic E-state index is 12.0. The van der Waals surface area contributed by atoms with Gasteiger partial charge in [0.2, 0.25) is 0 Å². The summed E-state index contributed by atoms with van der Waals surface area (Å²) in [5.41, 5.74) is 2.04. The molecule has 0 radical (unpaired) electrons. The summed E-state index contributed by atoms with van der Waals surface area (Å²) in [6.45, 7) is 3.79. The van der Waals surface area contributed by atoms with E-state index in [1.807, 2.05) is 31.2 Å². The molecule has 0 heterocycles. The maximum Gasteiger partial charge on any atom is 0.342 e. The lowest BCUT2D eigenvalue weighted by Crippen LogP contribution is -2.35. The molecular weight excluding hydrogens is 330 g/mol. The van der Waals surface area contributed by atoms with Crippen LogP contribution in [0.25, 0.3) is 0 Å². The van der Waals surface area contributed by atoms with Gasteiger partial charge in [-0.15, -0.1) is 0 Å². The second-order valence-electron chi connectivity index (χ2n) is 5.41. The summed E-state index contributed by atoms with van der Waals surface area (Å²) in [5.74, 6) is -1.50. The molecule has 1 atom stereocenters. The highest BCUT2D eigenvalue weighted by atomic mass is 35.5. The van der Waals surface area contributed by atoms with E-state index in [2.05, 4.69) is 5.32 Å². The number of hydrogen-bond acceptors (Lipinski definition) is 4. The van der Waals surface area contributed by atoms with Crippen LogP contribution in [0.1, 0.15) is 28.4 Å². The molecule has 0 aliphatic carbocycles. The maximum atomic E-state index is 12.0. The summed E-state index contributed by atoms with van der Waals surface area (Å²) in [4.78, 5) is 24.0. The van der Waals surface area contributed by atoms with Gasteiger partial charge in [0.25, 0.3) is 5.91 Å². The summed E-state index contributed by atoms with van der Waals surface area (Å²) in [5, 5.41) is 12.7. The van der Waals surface area contributed by atoms with E-state index in [1.165, 1.54) is 25.1 Å². The van der Waals surface area contributed by atoms with Crippen molar-refractivity contribution in [2.75, 3.05) is 0 Å². The van der Waals surface area contributed by atoms with E-state index in [1.54, 1.807) is 0 Å². The topological polar surface area (TPSA) is 75.6 Å². The Morgan fingerprint density at radius 1 is 1.21 bits per heavy atom. The number of aryl methyl sites for hydroxylation is 1. The number of carbonyl (C=O) groups is 2. The summed E-state index contributed by atoms with van der Waals surface area (Å²) in [6, 6.07) is 11.8. The molecule has 6 heteroatoms. The van der Waals surface area contributed by atoms with Crippen LogP contribution in [0.15, 0.2) is 42.5 Å². The van der Waals surface area contributed by atoms with Crippen LogP contribution in [-0.2, 0) is 16.1 Å². The Hall–Kier alpha value is -2.53. The molecule has 2 aromatic rings. The smallest absolute Gasteiger partial charge is 0.342 e. The second kappa shape index (κ2) is 7.84. The molecule has 0 spiro atoms. The van der Waals surface area contributed by atoms with Crippen molar-refractivity contribution < 1.29 is 19.4 Å². The number of esters is 1. The van der Waals surface area contributed by atoms with Crippen molar-refractivity contribution in [1.82, 2.24) is 5.32 Å². The van der Waals surface area contributed by atoms with Gasteiger partial charge in [-0.3, -0.25) is 4.79 Å². The standard InChI is InChI=1S/C18H18ClNO4/c1-11-3-5-13(6-4-11)10-20-17(22)12(2)24-18(23)15-8-7-14(19)9-16(15)21/h3-9,12,21H,10H2,1-2H3,(H,20,22)/t12-/m1/s1. The summed E-state index contributed by atoms with van der Waals surface area (Å²) in [6.07, 6.45) is -0.988. The van der Waals surface area contributed by atoms with E-state index in [4.69, 9.17) is 16.3 Å². The molecule has 126 valence electrons. The first kappa shape index (κ1) is 17.8. The van der Waals surface area contributed by atoms with Crippen molar-refractivity contribution in [2.24, 2.45) is 0 Å². The first-order valence-corrected chi connectivity index (χ1v) is 7.77. The summed E-state index contributed by atoms with van der Waals surface area (Å²) < 4.78 is 5.07. The third-order valence-electron chi connectivity index (χ3n) is 3.42. The second-order valence-corrected chi connectivity index (χ2v) is 5.85. The van der Waals surface area contributed by atoms with Crippen molar-refractivity contribution in [3.8, 4) is 5.75 Å². The number of benzene rings is 2. The average molecular weight is 348 g/mol. The number of carbonyl (C=O) groups excluding carboxylic acids is 2. The number of nitrogens with one attached hydrogen (secondary N) is 1. The molecule has 0 bridgehead atoms. The molecule has 0 fully saturated rings. The number of rotatable bonds is 5. The van der Waals surface area contributed by atoms with Crippen LogP contribution in [0.2, 0.25) is 5.02 Å². The summed E-state index contributed by atoms with van der Waals surface area (Å²) in [7, 11) is 0. The van der Waals surface area contributed by atoms with E-state index in [-0.39, 0.29) is 11.3 Å². The van der Waals surface area contributed by atoms with Crippen LogP contribution in [-0.4, -0.2) is 23.1 Å². The van der Waals surface area contributed by atoms with Crippen LogP contribution in [0.4, 0.5) is 0 Å². The van der Waals surface area contributed by atoms with Gasteiger partial charge in [-0.2, -0.15) is 0 Å². The van der Waals surface area contributed by atoms with Gasteiger partial charge in [-0.25, -0.2) is 4.79 Å². The minimum atomic E-state index is -0.988. The largest absolute Gasteiger partial charge is 0.507 e. The third-order valence-corrected chi connectivity index (χ3v) is 3.66. The van der Waals surface area contributed by atoms with Crippen molar-refractivity contribution in [3.63, 3.8) is 0 Å². The van der Waals surface area contributed by atoms with Gasteiger partial charge in [0.05, 0.1) is 0 Å². The van der Waals surface area contributed by atoms with Gasteiger partial charge in [0.1, 0.15) is 11.3 Å². The zero-order valence-electron chi connectivity index (χ0n) is 13.4. The van der Waals surface area contributed by atoms with Gasteiger partial charge in [0, 0.05) is 11.6 Å². The first-order valence-electron chi connectivity index (χ1n) is 7.39. The molecule has 2 rings (SSSR count). The molecule has 0 saturated carbocycles. The molecule has 0 unspecified atom stereocenters. The molecule has 24 heavy (non-hydrogen) atoms. The lowest BCUT2D eigenvalue weighted by Gasteiger charge is -2.14. The lowest BCUT2D eigenvalue weighted by molar-refractivity contribution is -0.129. The average Bonchev–Trinajstić information content (AvgIpc) is 2.53. The molecule has 1 amide bonds. The Morgan fingerprint density at radius 3 is 2.50 bits per heavy atom. The Kier molecular flexibility index (Phi) is 5.82. The third kappa shape index (κ3) is 4.73. The zero-order chi connectivity index (χ0) is 17.7. The van der Waals surface area contributed by atoms with Crippen molar-refractivity contribution >= 4 is 23.5 Å². The van der Waals surface area contributed by atoms with Crippen LogP contribution in [0.3, 0.4) is 0 Å². The van der Waals surface area contributed by atoms with Gasteiger partial charge in [-0.05, 0) is 37.6 Å². The number of phenolic OH excluding ortho intramolecular Hbond substituents is 1. The molecule has 0 aliphatic heterocycles. The Morgan fingerprint density at radius 2 is 1.88 bits per heavy atom. The van der Waals surface area contributed by atoms with Gasteiger partial charge >= 0.3 is 5.97 Å². The van der Waals surface area contributed by atoms with E-state index in [0.29, 0.717) is 11.6 Å². The van der Waals surface area contributed by atoms with Crippen LogP contribution in [0, 0.1) is 6.92 Å². The van der Waals surface area contributed by atoms with E-state index in [9.17, 15) is 14.7 Å². The highest BCUT2D eigenvalue weighted by Crippen LogP contribution is 2.22. The van der Waals surface area contributed by atoms with Crippen molar-refractivity contribution in [2.45, 2.75) is 26.5 Å². The van der Waals surface area contributed by atoms with Crippen molar-refractivity contribution in [1.29, 1.82) is 0 Å². The Labute approximate surface area is 145 Å². The quantitative estimate of drug-likeness (QED) is 0.814. The van der Waals surface area contributed by atoms with Crippen LogP contribution >= 0.6 is 11.6 Å². The molecular formula is C18H18ClNO4. The van der Waals surface area contributed by atoms with Crippen LogP contribution < -0.4 is 5.32 Å². The van der Waals surface area contributed by atoms with E-state index >= 15 is 0 Å². The van der Waals surface area contributed by atoms with Crippen LogP contribution in [0.5, 0.6) is 5.75 Å². The number of phenols is 1. The fourth-order valence-electron chi connectivity index (χ4n) is 1.99. The number of halogens is 1. The number of ether oxygens (including phenoxy) is 1. The minimum Gasteiger partial charge on any atom is -0.507 e. The molecule has 2 N–H and O–H groups in total. The molecule has 5 nitrogen and oxygen atoms in total. The molecule has 0 aliphatic rings. The highest BCUT2D eigenvalue weighted by Gasteiger charge is 2.20. The van der Waals surface area contributed by atoms with Gasteiger partial charge in [0.15, 0.2) is 6.10 Å². The monoisotopic (exact) mass is 347 g/mol. The van der Waals surface area contributed by atoms with Gasteiger partial charge < -0.3 is 15.2 Å². The molecule has 0 aromatic heterocycles.